The van der Waals surface area contributed by atoms with E-state index < -0.39 is 30.4 Å². The molecule has 2 N–H and O–H groups in total. The Morgan fingerprint density at radius 3 is 2.06 bits per heavy atom. The number of nitrogens with one attached hydrogen (secondary N) is 2. The number of carbonyl (C=O) groups excluding carboxylic acids is 4. The molecule has 1 heterocycles. The molecule has 2 amide bonds. The van der Waals surface area contributed by atoms with E-state index in [4.69, 9.17) is 23.7 Å². The molecule has 12 heteroatoms. The van der Waals surface area contributed by atoms with Crippen LogP contribution >= 0.6 is 11.3 Å². The number of rotatable bonds is 10. The van der Waals surface area contributed by atoms with Crippen molar-refractivity contribution in [3.05, 3.63) is 33.7 Å². The third kappa shape index (κ3) is 5.76. The van der Waals surface area contributed by atoms with Gasteiger partial charge in [-0.1, -0.05) is 0 Å². The topological polar surface area (TPSA) is 138 Å². The van der Waals surface area contributed by atoms with Crippen molar-refractivity contribution in [3.8, 4) is 17.2 Å². The molecular weight excluding hydrogens is 468 g/mol. The first-order valence-electron chi connectivity index (χ1n) is 10.0. The molecule has 1 aromatic heterocycles. The standard InChI is InChI=1S/C22H26N2O9S/c1-7-32-22(28)16-11(2)18(19(26)23-3)34-20(16)24-15(25)10-33-21(27)12-8-13(29-4)17(31-6)14(9-12)30-5/h8-9H,7,10H2,1-6H3,(H,23,26)(H,24,25). The Labute approximate surface area is 200 Å². The average Bonchev–Trinajstić information content (AvgIpc) is 3.16. The SMILES string of the molecule is CCOC(=O)c1c(NC(=O)COC(=O)c2cc(OC)c(OC)c(OC)c2)sc(C(=O)NC)c1C. The summed E-state index contributed by atoms with van der Waals surface area (Å²) in [4.78, 5) is 49.8. The van der Waals surface area contributed by atoms with Crippen LogP contribution in [0.3, 0.4) is 0 Å². The van der Waals surface area contributed by atoms with Gasteiger partial charge in [0.25, 0.3) is 11.8 Å². The van der Waals surface area contributed by atoms with E-state index in [0.29, 0.717) is 11.3 Å². The van der Waals surface area contributed by atoms with Crippen molar-refractivity contribution < 1.29 is 42.9 Å². The van der Waals surface area contributed by atoms with Gasteiger partial charge in [0.15, 0.2) is 18.1 Å². The van der Waals surface area contributed by atoms with Gasteiger partial charge in [0.1, 0.15) is 5.00 Å². The molecule has 0 aliphatic carbocycles. The Morgan fingerprint density at radius 1 is 0.941 bits per heavy atom. The van der Waals surface area contributed by atoms with E-state index in [1.165, 1.54) is 40.5 Å². The number of hydrogen-bond donors (Lipinski definition) is 2. The molecule has 11 nitrogen and oxygen atoms in total. The first kappa shape index (κ1) is 26.5. The Bertz CT molecular complexity index is 1070. The molecule has 0 fully saturated rings. The summed E-state index contributed by atoms with van der Waals surface area (Å²) in [6.45, 7) is 2.68. The minimum atomic E-state index is -0.812. The van der Waals surface area contributed by atoms with Gasteiger partial charge in [-0.15, -0.1) is 11.3 Å². The third-order valence-corrected chi connectivity index (χ3v) is 5.75. The van der Waals surface area contributed by atoms with Crippen molar-refractivity contribution in [1.82, 2.24) is 5.32 Å². The zero-order valence-corrected chi connectivity index (χ0v) is 20.5. The van der Waals surface area contributed by atoms with E-state index in [9.17, 15) is 19.2 Å². The monoisotopic (exact) mass is 494 g/mol. The highest BCUT2D eigenvalue weighted by molar-refractivity contribution is 7.18. The summed E-state index contributed by atoms with van der Waals surface area (Å²) in [6, 6.07) is 2.78. The maximum absolute atomic E-state index is 12.5. The normalized spacial score (nSPS) is 10.2. The number of anilines is 1. The molecule has 0 aliphatic heterocycles. The largest absolute Gasteiger partial charge is 0.493 e. The Kier molecular flexibility index (Phi) is 9.25. The number of carbonyl (C=O) groups is 4. The fourth-order valence-electron chi connectivity index (χ4n) is 2.96. The summed E-state index contributed by atoms with van der Waals surface area (Å²) < 4.78 is 25.8. The molecule has 34 heavy (non-hydrogen) atoms. The number of hydrogen-bond acceptors (Lipinski definition) is 10. The van der Waals surface area contributed by atoms with E-state index in [0.717, 1.165) is 11.3 Å². The van der Waals surface area contributed by atoms with E-state index >= 15 is 0 Å². The molecule has 2 rings (SSSR count). The highest BCUT2D eigenvalue weighted by Crippen LogP contribution is 2.38. The van der Waals surface area contributed by atoms with Crippen LogP contribution in [0.15, 0.2) is 12.1 Å². The fraction of sp³-hybridized carbons (Fsp3) is 0.364. The summed E-state index contributed by atoms with van der Waals surface area (Å²) in [5.41, 5.74) is 0.505. The summed E-state index contributed by atoms with van der Waals surface area (Å²) in [5.74, 6) is -1.84. The zero-order chi connectivity index (χ0) is 25.4. The molecule has 0 unspecified atom stereocenters. The van der Waals surface area contributed by atoms with Crippen LogP contribution in [0.1, 0.15) is 42.9 Å². The second-order valence-corrected chi connectivity index (χ2v) is 7.62. The molecule has 0 saturated heterocycles. The molecule has 2 aromatic rings. The van der Waals surface area contributed by atoms with Crippen LogP contribution in [-0.4, -0.2) is 65.3 Å². The van der Waals surface area contributed by atoms with E-state index in [-0.39, 0.29) is 39.1 Å². The number of amides is 2. The second-order valence-electron chi connectivity index (χ2n) is 6.60. The first-order valence-corrected chi connectivity index (χ1v) is 10.8. The number of thiophene rings is 1. The predicted octanol–water partition coefficient (Wildman–Crippen LogP) is 2.41. The number of methoxy groups -OCH3 is 3. The maximum Gasteiger partial charge on any atom is 0.341 e. The van der Waals surface area contributed by atoms with Gasteiger partial charge in [0.2, 0.25) is 5.75 Å². The van der Waals surface area contributed by atoms with Crippen LogP contribution in [0.5, 0.6) is 17.2 Å². The molecule has 0 bridgehead atoms. The lowest BCUT2D eigenvalue weighted by atomic mass is 10.1. The van der Waals surface area contributed by atoms with Crippen molar-refractivity contribution >= 4 is 40.1 Å². The quantitative estimate of drug-likeness (QED) is 0.477. The van der Waals surface area contributed by atoms with E-state index in [1.807, 2.05) is 0 Å². The molecule has 0 spiro atoms. The molecule has 0 atom stereocenters. The van der Waals surface area contributed by atoms with Gasteiger partial charge in [-0.05, 0) is 31.5 Å². The van der Waals surface area contributed by atoms with Crippen LogP contribution < -0.4 is 24.8 Å². The minimum absolute atomic E-state index is 0.0646. The molecule has 0 aliphatic rings. The molecule has 1 aromatic carbocycles. The van der Waals surface area contributed by atoms with E-state index in [1.54, 1.807) is 13.8 Å². The zero-order valence-electron chi connectivity index (χ0n) is 19.7. The number of benzene rings is 1. The van der Waals surface area contributed by atoms with Crippen molar-refractivity contribution in [2.24, 2.45) is 0 Å². The fourth-order valence-corrected chi connectivity index (χ4v) is 4.11. The van der Waals surface area contributed by atoms with Gasteiger partial charge >= 0.3 is 11.9 Å². The molecular formula is C22H26N2O9S. The van der Waals surface area contributed by atoms with Gasteiger partial charge in [0.05, 0.1) is 43.9 Å². The Hall–Kier alpha value is -3.80. The summed E-state index contributed by atoms with van der Waals surface area (Å²) >= 11 is 0.914. The van der Waals surface area contributed by atoms with Gasteiger partial charge in [-0.2, -0.15) is 0 Å². The van der Waals surface area contributed by atoms with Gasteiger partial charge in [-0.25, -0.2) is 9.59 Å². The van der Waals surface area contributed by atoms with Gasteiger partial charge in [-0.3, -0.25) is 9.59 Å². The Balaban J connectivity index is 2.20. The van der Waals surface area contributed by atoms with Crippen molar-refractivity contribution in [2.75, 3.05) is 46.9 Å². The summed E-state index contributed by atoms with van der Waals surface area (Å²) in [6.07, 6.45) is 0. The third-order valence-electron chi connectivity index (χ3n) is 4.55. The predicted molar refractivity (Wildman–Crippen MR) is 123 cm³/mol. The van der Waals surface area contributed by atoms with Crippen molar-refractivity contribution in [2.45, 2.75) is 13.8 Å². The number of esters is 2. The lowest BCUT2D eigenvalue weighted by Crippen LogP contribution is -2.22. The lowest BCUT2D eigenvalue weighted by molar-refractivity contribution is -0.119. The van der Waals surface area contributed by atoms with Crippen LogP contribution in [0.4, 0.5) is 5.00 Å². The molecule has 0 radical (unpaired) electrons. The second kappa shape index (κ2) is 11.9. The molecule has 184 valence electrons. The van der Waals surface area contributed by atoms with Crippen LogP contribution in [0.2, 0.25) is 0 Å². The highest BCUT2D eigenvalue weighted by atomic mass is 32.1. The maximum atomic E-state index is 12.5. The van der Waals surface area contributed by atoms with Gasteiger partial charge < -0.3 is 34.3 Å². The summed E-state index contributed by atoms with van der Waals surface area (Å²) in [5, 5.41) is 5.11. The molecule has 0 saturated carbocycles. The first-order chi connectivity index (χ1) is 16.2. The Morgan fingerprint density at radius 2 is 1.56 bits per heavy atom. The number of ether oxygens (including phenoxy) is 5. The van der Waals surface area contributed by atoms with Gasteiger partial charge in [0, 0.05) is 7.05 Å². The van der Waals surface area contributed by atoms with E-state index in [2.05, 4.69) is 10.6 Å². The minimum Gasteiger partial charge on any atom is -0.493 e. The van der Waals surface area contributed by atoms with Crippen molar-refractivity contribution in [3.63, 3.8) is 0 Å². The smallest absolute Gasteiger partial charge is 0.341 e. The van der Waals surface area contributed by atoms with Crippen molar-refractivity contribution in [1.29, 1.82) is 0 Å². The lowest BCUT2D eigenvalue weighted by Gasteiger charge is -2.13. The summed E-state index contributed by atoms with van der Waals surface area (Å²) in [7, 11) is 5.68. The average molecular weight is 495 g/mol. The highest BCUT2D eigenvalue weighted by Gasteiger charge is 2.26. The van der Waals surface area contributed by atoms with Crippen LogP contribution in [0, 0.1) is 6.92 Å². The van der Waals surface area contributed by atoms with Crippen LogP contribution in [-0.2, 0) is 14.3 Å². The van der Waals surface area contributed by atoms with Crippen LogP contribution in [0.25, 0.3) is 0 Å².